The highest BCUT2D eigenvalue weighted by molar-refractivity contribution is 7.12. The third-order valence-corrected chi connectivity index (χ3v) is 4.59. The number of hydrogen-bond acceptors (Lipinski definition) is 4. The normalized spacial score (nSPS) is 12.6. The van der Waals surface area contributed by atoms with Gasteiger partial charge in [-0.3, -0.25) is 0 Å². The van der Waals surface area contributed by atoms with Crippen LogP contribution in [-0.4, -0.2) is 10.2 Å². The first-order valence-corrected chi connectivity index (χ1v) is 6.71. The maximum atomic E-state index is 9.86. The van der Waals surface area contributed by atoms with Gasteiger partial charge in [0.05, 0.1) is 19.8 Å². The van der Waals surface area contributed by atoms with Crippen LogP contribution in [0.3, 0.4) is 0 Å². The molecule has 0 aliphatic heterocycles. The van der Waals surface area contributed by atoms with Crippen LogP contribution in [0.4, 0.5) is 0 Å². The van der Waals surface area contributed by atoms with Crippen molar-refractivity contribution < 1.29 is 10.2 Å². The molecule has 0 fully saturated rings. The summed E-state index contributed by atoms with van der Waals surface area (Å²) in [6, 6.07) is 3.31. The van der Waals surface area contributed by atoms with E-state index >= 15 is 0 Å². The second-order valence-electron chi connectivity index (χ2n) is 2.89. The minimum Gasteiger partial charge on any atom is -0.503 e. The summed E-state index contributed by atoms with van der Waals surface area (Å²) in [5, 5.41) is 24.0. The molecular weight excluding hydrogens is 287 g/mol. The van der Waals surface area contributed by atoms with Crippen LogP contribution in [0.5, 0.6) is 0 Å². The maximum absolute atomic E-state index is 9.86. The van der Waals surface area contributed by atoms with Gasteiger partial charge in [0.15, 0.2) is 11.5 Å². The van der Waals surface area contributed by atoms with Crippen molar-refractivity contribution >= 4 is 57.4 Å². The van der Waals surface area contributed by atoms with Gasteiger partial charge in [0, 0.05) is 0 Å². The molecule has 2 aromatic rings. The average molecular weight is 293 g/mol. The first-order valence-electron chi connectivity index (χ1n) is 4.20. The number of halogens is 2. The molecule has 2 nitrogen and oxygen atoms in total. The summed E-state index contributed by atoms with van der Waals surface area (Å²) in [5.74, 6) is -0.492. The fraction of sp³-hybridized carbons (Fsp3) is 0. The fourth-order valence-electron chi connectivity index (χ4n) is 1.14. The Labute approximate surface area is 110 Å². The highest BCUT2D eigenvalue weighted by Crippen LogP contribution is 2.35. The summed E-state index contributed by atoms with van der Waals surface area (Å²) in [4.78, 5) is 0.868. The van der Waals surface area contributed by atoms with E-state index in [2.05, 4.69) is 0 Å². The minimum atomic E-state index is -0.246. The van der Waals surface area contributed by atoms with Gasteiger partial charge in [-0.1, -0.05) is 23.2 Å². The monoisotopic (exact) mass is 292 g/mol. The van der Waals surface area contributed by atoms with Crippen molar-refractivity contribution in [1.29, 1.82) is 0 Å². The van der Waals surface area contributed by atoms with Gasteiger partial charge in [-0.2, -0.15) is 0 Å². The summed E-state index contributed by atoms with van der Waals surface area (Å²) in [5.41, 5.74) is 0. The van der Waals surface area contributed by atoms with Crippen LogP contribution >= 0.6 is 45.9 Å². The molecule has 0 aliphatic rings. The molecule has 0 saturated heterocycles. The standard InChI is InChI=1S/C10H6Cl2O2S2/c11-5-1-3-15-9(5)7(13)8(14)10-6(12)2-4-16-10/h1-4,13-14H/b8-7+. The lowest BCUT2D eigenvalue weighted by molar-refractivity contribution is 0.462. The number of rotatable bonds is 2. The molecule has 2 heterocycles. The van der Waals surface area contributed by atoms with Crippen LogP contribution in [0.15, 0.2) is 22.9 Å². The molecule has 6 heteroatoms. The fourth-order valence-corrected chi connectivity index (χ4v) is 3.32. The van der Waals surface area contributed by atoms with Crippen LogP contribution in [0.25, 0.3) is 11.5 Å². The van der Waals surface area contributed by atoms with E-state index in [4.69, 9.17) is 23.2 Å². The van der Waals surface area contributed by atoms with Gasteiger partial charge >= 0.3 is 0 Å². The summed E-state index contributed by atoms with van der Waals surface area (Å²) < 4.78 is 0. The van der Waals surface area contributed by atoms with Crippen LogP contribution in [0.1, 0.15) is 9.75 Å². The quantitative estimate of drug-likeness (QED) is 0.760. The third-order valence-electron chi connectivity index (χ3n) is 1.89. The first kappa shape index (κ1) is 11.8. The van der Waals surface area contributed by atoms with E-state index in [0.29, 0.717) is 19.8 Å². The second kappa shape index (κ2) is 4.67. The van der Waals surface area contributed by atoms with E-state index in [0.717, 1.165) is 0 Å². The zero-order valence-corrected chi connectivity index (χ0v) is 10.9. The first-order chi connectivity index (χ1) is 7.61. The predicted octanol–water partition coefficient (Wildman–Crippen LogP) is 5.06. The molecular formula is C10H6Cl2O2S2. The van der Waals surface area contributed by atoms with E-state index in [1.165, 1.54) is 22.7 Å². The molecule has 0 unspecified atom stereocenters. The largest absolute Gasteiger partial charge is 0.503 e. The van der Waals surface area contributed by atoms with E-state index in [9.17, 15) is 10.2 Å². The molecule has 0 atom stereocenters. The predicted molar refractivity (Wildman–Crippen MR) is 70.7 cm³/mol. The highest BCUT2D eigenvalue weighted by atomic mass is 35.5. The third kappa shape index (κ3) is 2.06. The lowest BCUT2D eigenvalue weighted by Crippen LogP contribution is -1.87. The number of thiophene rings is 2. The van der Waals surface area contributed by atoms with Crippen molar-refractivity contribution in [1.82, 2.24) is 0 Å². The zero-order valence-electron chi connectivity index (χ0n) is 7.78. The van der Waals surface area contributed by atoms with Crippen molar-refractivity contribution in [3.8, 4) is 0 Å². The van der Waals surface area contributed by atoms with Gasteiger partial charge in [0.1, 0.15) is 0 Å². The van der Waals surface area contributed by atoms with Crippen molar-refractivity contribution in [3.05, 3.63) is 42.7 Å². The Kier molecular flexibility index (Phi) is 3.44. The topological polar surface area (TPSA) is 40.5 Å². The Bertz CT molecular complexity index is 494. The summed E-state index contributed by atoms with van der Waals surface area (Å²) in [7, 11) is 0. The molecule has 0 bridgehead atoms. The van der Waals surface area contributed by atoms with E-state index in [1.807, 2.05) is 0 Å². The molecule has 2 N–H and O–H groups in total. The van der Waals surface area contributed by atoms with E-state index < -0.39 is 0 Å². The highest BCUT2D eigenvalue weighted by Gasteiger charge is 2.16. The van der Waals surface area contributed by atoms with Crippen molar-refractivity contribution in [2.24, 2.45) is 0 Å². The van der Waals surface area contributed by atoms with Gasteiger partial charge in [-0.15, -0.1) is 22.7 Å². The van der Waals surface area contributed by atoms with Crippen molar-refractivity contribution in [2.75, 3.05) is 0 Å². The van der Waals surface area contributed by atoms with Crippen molar-refractivity contribution in [2.45, 2.75) is 0 Å². The molecule has 2 aromatic heterocycles. The molecule has 2 rings (SSSR count). The molecule has 0 aromatic carbocycles. The Morgan fingerprint density at radius 2 is 1.25 bits per heavy atom. The van der Waals surface area contributed by atoms with Gasteiger partial charge < -0.3 is 10.2 Å². The lowest BCUT2D eigenvalue weighted by Gasteiger charge is -2.02. The van der Waals surface area contributed by atoms with Gasteiger partial charge in [0.25, 0.3) is 0 Å². The Morgan fingerprint density at radius 3 is 1.50 bits per heavy atom. The second-order valence-corrected chi connectivity index (χ2v) is 5.54. The number of aliphatic hydroxyl groups excluding tert-OH is 2. The van der Waals surface area contributed by atoms with Gasteiger partial charge in [-0.05, 0) is 22.9 Å². The molecule has 0 radical (unpaired) electrons. The summed E-state index contributed by atoms with van der Waals surface area (Å²) in [6.45, 7) is 0. The number of aliphatic hydroxyl groups is 2. The maximum Gasteiger partial charge on any atom is 0.178 e. The molecule has 16 heavy (non-hydrogen) atoms. The Hall–Kier alpha value is -0.680. The van der Waals surface area contributed by atoms with Crippen LogP contribution in [0.2, 0.25) is 10.0 Å². The molecule has 0 amide bonds. The molecule has 0 saturated carbocycles. The SMILES string of the molecule is O/C(=C(/O)c1sccc1Cl)c1sccc1Cl. The van der Waals surface area contributed by atoms with Crippen molar-refractivity contribution in [3.63, 3.8) is 0 Å². The van der Waals surface area contributed by atoms with Gasteiger partial charge in [0.2, 0.25) is 0 Å². The van der Waals surface area contributed by atoms with Gasteiger partial charge in [-0.25, -0.2) is 0 Å². The number of hydrogen-bond donors (Lipinski definition) is 2. The molecule has 0 spiro atoms. The summed E-state index contributed by atoms with van der Waals surface area (Å²) in [6.07, 6.45) is 0. The zero-order chi connectivity index (χ0) is 11.7. The Morgan fingerprint density at radius 1 is 0.875 bits per heavy atom. The van der Waals surface area contributed by atoms with E-state index in [-0.39, 0.29) is 11.5 Å². The minimum absolute atomic E-state index is 0.246. The smallest absolute Gasteiger partial charge is 0.178 e. The molecule has 84 valence electrons. The van der Waals surface area contributed by atoms with Crippen LogP contribution < -0.4 is 0 Å². The average Bonchev–Trinajstić information content (AvgIpc) is 2.85. The summed E-state index contributed by atoms with van der Waals surface area (Å²) >= 11 is 14.2. The molecule has 0 aliphatic carbocycles. The van der Waals surface area contributed by atoms with Crippen LogP contribution in [-0.2, 0) is 0 Å². The lowest BCUT2D eigenvalue weighted by atomic mass is 10.3. The Balaban J connectivity index is 2.51. The van der Waals surface area contributed by atoms with E-state index in [1.54, 1.807) is 22.9 Å². The van der Waals surface area contributed by atoms with Crippen LogP contribution in [0, 0.1) is 0 Å².